The molecule has 3 nitrogen and oxygen atoms in total. The first-order valence-corrected chi connectivity index (χ1v) is 6.41. The zero-order chi connectivity index (χ0) is 11.5. The summed E-state index contributed by atoms with van der Waals surface area (Å²) < 4.78 is 1.13. The molecule has 1 saturated heterocycles. The van der Waals surface area contributed by atoms with Gasteiger partial charge in [0.15, 0.2) is 0 Å². The minimum Gasteiger partial charge on any atom is -0.369 e. The summed E-state index contributed by atoms with van der Waals surface area (Å²) in [7, 11) is 2.15. The summed E-state index contributed by atoms with van der Waals surface area (Å²) in [6, 6.07) is 8.96. The van der Waals surface area contributed by atoms with E-state index in [1.54, 1.807) is 0 Å². The van der Waals surface area contributed by atoms with Crippen molar-refractivity contribution < 1.29 is 0 Å². The number of nitrogens with zero attached hydrogens (tertiary/aromatic N) is 2. The van der Waals surface area contributed by atoms with Gasteiger partial charge < -0.3 is 10.6 Å². The number of hydrogen-bond donors (Lipinski definition) is 1. The first-order valence-electron chi connectivity index (χ1n) is 5.61. The fourth-order valence-electron chi connectivity index (χ4n) is 2.09. The SMILES string of the molecule is CN1CCN(c2ccc(Br)cc2)CC1CN. The Bertz CT molecular complexity index is 339. The highest BCUT2D eigenvalue weighted by Crippen LogP contribution is 2.20. The smallest absolute Gasteiger partial charge is 0.0391 e. The minimum absolute atomic E-state index is 0.470. The molecule has 0 amide bonds. The topological polar surface area (TPSA) is 32.5 Å². The molecule has 88 valence electrons. The highest BCUT2D eigenvalue weighted by Gasteiger charge is 2.22. The van der Waals surface area contributed by atoms with Gasteiger partial charge in [0.25, 0.3) is 0 Å². The van der Waals surface area contributed by atoms with Gasteiger partial charge >= 0.3 is 0 Å². The summed E-state index contributed by atoms with van der Waals surface area (Å²) in [5.74, 6) is 0. The fourth-order valence-corrected chi connectivity index (χ4v) is 2.35. The molecule has 1 unspecified atom stereocenters. The van der Waals surface area contributed by atoms with Crippen LogP contribution in [-0.2, 0) is 0 Å². The van der Waals surface area contributed by atoms with E-state index >= 15 is 0 Å². The molecule has 1 aliphatic rings. The Morgan fingerprint density at radius 3 is 2.62 bits per heavy atom. The maximum absolute atomic E-state index is 5.78. The van der Waals surface area contributed by atoms with Crippen molar-refractivity contribution in [2.75, 3.05) is 38.1 Å². The number of halogens is 1. The molecular formula is C12H18BrN3. The number of hydrogen-bond acceptors (Lipinski definition) is 3. The van der Waals surface area contributed by atoms with Crippen molar-refractivity contribution in [1.82, 2.24) is 4.90 Å². The molecule has 2 rings (SSSR count). The molecule has 0 aliphatic carbocycles. The average molecular weight is 284 g/mol. The van der Waals surface area contributed by atoms with E-state index in [2.05, 4.69) is 57.0 Å². The second-order valence-electron chi connectivity index (χ2n) is 4.29. The summed E-state index contributed by atoms with van der Waals surface area (Å²) in [4.78, 5) is 4.75. The normalized spacial score (nSPS) is 22.4. The van der Waals surface area contributed by atoms with Gasteiger partial charge in [0.05, 0.1) is 0 Å². The second-order valence-corrected chi connectivity index (χ2v) is 5.21. The van der Waals surface area contributed by atoms with E-state index in [0.29, 0.717) is 6.04 Å². The van der Waals surface area contributed by atoms with Crippen molar-refractivity contribution in [1.29, 1.82) is 0 Å². The van der Waals surface area contributed by atoms with Gasteiger partial charge in [0, 0.05) is 42.4 Å². The number of piperazine rings is 1. The van der Waals surface area contributed by atoms with Crippen molar-refractivity contribution in [3.05, 3.63) is 28.7 Å². The Morgan fingerprint density at radius 2 is 2.00 bits per heavy atom. The quantitative estimate of drug-likeness (QED) is 0.894. The third-order valence-electron chi connectivity index (χ3n) is 3.24. The van der Waals surface area contributed by atoms with Crippen LogP contribution in [0.3, 0.4) is 0 Å². The molecule has 2 N–H and O–H groups in total. The molecule has 0 saturated carbocycles. The lowest BCUT2D eigenvalue weighted by atomic mass is 10.1. The summed E-state index contributed by atoms with van der Waals surface area (Å²) >= 11 is 3.46. The molecule has 0 radical (unpaired) electrons. The van der Waals surface area contributed by atoms with E-state index in [9.17, 15) is 0 Å². The lowest BCUT2D eigenvalue weighted by Gasteiger charge is -2.40. The van der Waals surface area contributed by atoms with Crippen molar-refractivity contribution in [2.24, 2.45) is 5.73 Å². The molecule has 0 spiro atoms. The molecule has 1 aromatic carbocycles. The molecular weight excluding hydrogens is 266 g/mol. The Labute approximate surface area is 105 Å². The third-order valence-corrected chi connectivity index (χ3v) is 3.77. The Morgan fingerprint density at radius 1 is 1.31 bits per heavy atom. The Kier molecular flexibility index (Phi) is 3.84. The summed E-state index contributed by atoms with van der Waals surface area (Å²) in [6.07, 6.45) is 0. The van der Waals surface area contributed by atoms with Crippen LogP contribution in [0, 0.1) is 0 Å². The number of likely N-dealkylation sites (N-methyl/N-ethyl adjacent to an activating group) is 1. The highest BCUT2D eigenvalue weighted by molar-refractivity contribution is 9.10. The van der Waals surface area contributed by atoms with Crippen LogP contribution in [0.5, 0.6) is 0 Å². The largest absolute Gasteiger partial charge is 0.369 e. The highest BCUT2D eigenvalue weighted by atomic mass is 79.9. The zero-order valence-electron chi connectivity index (χ0n) is 9.56. The first kappa shape index (κ1) is 11.9. The van der Waals surface area contributed by atoms with Crippen molar-refractivity contribution in [2.45, 2.75) is 6.04 Å². The fraction of sp³-hybridized carbons (Fsp3) is 0.500. The second kappa shape index (κ2) is 5.17. The van der Waals surface area contributed by atoms with Crippen molar-refractivity contribution in [3.63, 3.8) is 0 Å². The van der Waals surface area contributed by atoms with Gasteiger partial charge in [-0.2, -0.15) is 0 Å². The lowest BCUT2D eigenvalue weighted by Crippen LogP contribution is -2.54. The van der Waals surface area contributed by atoms with Crippen LogP contribution < -0.4 is 10.6 Å². The average Bonchev–Trinajstić information content (AvgIpc) is 2.31. The van der Waals surface area contributed by atoms with Gasteiger partial charge in [-0.3, -0.25) is 4.90 Å². The van der Waals surface area contributed by atoms with E-state index in [0.717, 1.165) is 30.7 Å². The van der Waals surface area contributed by atoms with Crippen molar-refractivity contribution >= 4 is 21.6 Å². The van der Waals surface area contributed by atoms with Gasteiger partial charge in [-0.1, -0.05) is 15.9 Å². The monoisotopic (exact) mass is 283 g/mol. The van der Waals surface area contributed by atoms with Gasteiger partial charge in [0.1, 0.15) is 0 Å². The van der Waals surface area contributed by atoms with Crippen LogP contribution >= 0.6 is 15.9 Å². The van der Waals surface area contributed by atoms with Crippen LogP contribution in [0.4, 0.5) is 5.69 Å². The van der Waals surface area contributed by atoms with Crippen LogP contribution in [0.25, 0.3) is 0 Å². The predicted molar refractivity (Wildman–Crippen MR) is 71.8 cm³/mol. The van der Waals surface area contributed by atoms with E-state index in [4.69, 9.17) is 5.73 Å². The van der Waals surface area contributed by atoms with Crippen LogP contribution in [0.15, 0.2) is 28.7 Å². The van der Waals surface area contributed by atoms with E-state index < -0.39 is 0 Å². The van der Waals surface area contributed by atoms with Crippen LogP contribution in [0.2, 0.25) is 0 Å². The molecule has 0 bridgehead atoms. The summed E-state index contributed by atoms with van der Waals surface area (Å²) in [6.45, 7) is 3.91. The maximum atomic E-state index is 5.78. The van der Waals surface area contributed by atoms with Crippen LogP contribution in [-0.4, -0.2) is 44.2 Å². The predicted octanol–water partition coefficient (Wildman–Crippen LogP) is 1.53. The summed E-state index contributed by atoms with van der Waals surface area (Å²) in [5, 5.41) is 0. The number of nitrogens with two attached hydrogens (primary N) is 1. The standard InChI is InChI=1S/C12H18BrN3/c1-15-6-7-16(9-12(15)8-14)11-4-2-10(13)3-5-11/h2-5,12H,6-9,14H2,1H3. The van der Waals surface area contributed by atoms with Crippen molar-refractivity contribution in [3.8, 4) is 0 Å². The molecule has 16 heavy (non-hydrogen) atoms. The molecule has 1 fully saturated rings. The number of rotatable bonds is 2. The number of benzene rings is 1. The minimum atomic E-state index is 0.470. The molecule has 1 aliphatic heterocycles. The maximum Gasteiger partial charge on any atom is 0.0391 e. The molecule has 1 heterocycles. The molecule has 1 atom stereocenters. The van der Waals surface area contributed by atoms with Gasteiger partial charge in [-0.05, 0) is 31.3 Å². The Hall–Kier alpha value is -0.580. The van der Waals surface area contributed by atoms with Gasteiger partial charge in [-0.25, -0.2) is 0 Å². The number of anilines is 1. The molecule has 1 aromatic rings. The van der Waals surface area contributed by atoms with E-state index in [-0.39, 0.29) is 0 Å². The zero-order valence-corrected chi connectivity index (χ0v) is 11.2. The third kappa shape index (κ3) is 2.56. The van der Waals surface area contributed by atoms with E-state index in [1.165, 1.54) is 5.69 Å². The Balaban J connectivity index is 2.08. The van der Waals surface area contributed by atoms with E-state index in [1.807, 2.05) is 0 Å². The van der Waals surface area contributed by atoms with Crippen LogP contribution in [0.1, 0.15) is 0 Å². The molecule has 4 heteroatoms. The van der Waals surface area contributed by atoms with Gasteiger partial charge in [-0.15, -0.1) is 0 Å². The lowest BCUT2D eigenvalue weighted by molar-refractivity contribution is 0.224. The summed E-state index contributed by atoms with van der Waals surface area (Å²) in [5.41, 5.74) is 7.07. The van der Waals surface area contributed by atoms with Gasteiger partial charge in [0.2, 0.25) is 0 Å². The molecule has 0 aromatic heterocycles. The first-order chi connectivity index (χ1) is 7.70.